The van der Waals surface area contributed by atoms with Crippen LogP contribution < -0.4 is 21.1 Å². The number of nitrogens with one attached hydrogen (secondary N) is 2. The van der Waals surface area contributed by atoms with E-state index >= 15 is 0 Å². The molecule has 3 aromatic rings. The fourth-order valence-corrected chi connectivity index (χ4v) is 2.96. The van der Waals surface area contributed by atoms with E-state index in [4.69, 9.17) is 15.6 Å². The molecule has 0 fully saturated rings. The van der Waals surface area contributed by atoms with Crippen molar-refractivity contribution in [3.63, 3.8) is 0 Å². The maximum atomic E-state index is 12.2. The lowest BCUT2D eigenvalue weighted by Gasteiger charge is -2.08. The molecule has 0 saturated carbocycles. The number of ether oxygens (including phenoxy) is 1. The number of rotatable bonds is 10. The van der Waals surface area contributed by atoms with Crippen molar-refractivity contribution >= 4 is 17.4 Å². The summed E-state index contributed by atoms with van der Waals surface area (Å²) in [5.41, 5.74) is 8.92. The third-order valence-corrected chi connectivity index (χ3v) is 4.93. The largest absolute Gasteiger partial charge is 0.497 e. The van der Waals surface area contributed by atoms with Gasteiger partial charge in [0.2, 0.25) is 0 Å². The van der Waals surface area contributed by atoms with Gasteiger partial charge in [-0.15, -0.1) is 0 Å². The Morgan fingerprint density at radius 1 is 1.03 bits per heavy atom. The van der Waals surface area contributed by atoms with E-state index in [2.05, 4.69) is 22.5 Å². The molecule has 1 aromatic heterocycles. The molecule has 0 saturated heterocycles. The zero-order valence-corrected chi connectivity index (χ0v) is 19.4. The normalized spacial score (nSPS) is 10.2. The average Bonchev–Trinajstić information content (AvgIpc) is 2.86. The summed E-state index contributed by atoms with van der Waals surface area (Å²) >= 11 is 0. The average molecular weight is 451 g/mol. The van der Waals surface area contributed by atoms with E-state index in [0.29, 0.717) is 17.1 Å². The topological polar surface area (TPSA) is 110 Å². The molecular formula is C26H34N4O3. The van der Waals surface area contributed by atoms with Crippen molar-refractivity contribution < 1.29 is 14.6 Å². The van der Waals surface area contributed by atoms with Crippen molar-refractivity contribution in [3.8, 4) is 5.75 Å². The number of hydrogen-bond acceptors (Lipinski definition) is 6. The number of aromatic nitrogens is 1. The minimum atomic E-state index is -0.188. The number of nitrogen functional groups attached to an aromatic ring is 1. The molecule has 0 atom stereocenters. The van der Waals surface area contributed by atoms with Gasteiger partial charge in [0.25, 0.3) is 5.91 Å². The van der Waals surface area contributed by atoms with E-state index in [-0.39, 0.29) is 12.5 Å². The lowest BCUT2D eigenvalue weighted by atomic mass is 10.1. The second-order valence-electron chi connectivity index (χ2n) is 7.48. The quantitative estimate of drug-likeness (QED) is 0.341. The molecule has 0 bridgehead atoms. The van der Waals surface area contributed by atoms with Crippen LogP contribution in [0.15, 0.2) is 66.9 Å². The molecule has 176 valence electrons. The van der Waals surface area contributed by atoms with Gasteiger partial charge in [-0.1, -0.05) is 44.0 Å². The number of nitrogens with zero attached hydrogens (tertiary/aromatic N) is 1. The number of amides is 1. The monoisotopic (exact) mass is 450 g/mol. The minimum Gasteiger partial charge on any atom is -0.497 e. The first kappa shape index (κ1) is 25.8. The number of aliphatic hydroxyl groups is 1. The summed E-state index contributed by atoms with van der Waals surface area (Å²) in [6.07, 6.45) is 5.27. The van der Waals surface area contributed by atoms with Crippen molar-refractivity contribution in [2.45, 2.75) is 39.3 Å². The number of pyridine rings is 1. The fraction of sp³-hybridized carbons (Fsp3) is 0.308. The van der Waals surface area contributed by atoms with E-state index in [9.17, 15) is 4.79 Å². The van der Waals surface area contributed by atoms with Crippen molar-refractivity contribution in [1.82, 2.24) is 10.3 Å². The minimum absolute atomic E-state index is 0.0873. The van der Waals surface area contributed by atoms with Crippen LogP contribution in [0.2, 0.25) is 0 Å². The van der Waals surface area contributed by atoms with Gasteiger partial charge in [0, 0.05) is 18.3 Å². The highest BCUT2D eigenvalue weighted by Gasteiger charge is 2.08. The molecular weight excluding hydrogens is 416 g/mol. The molecule has 5 N–H and O–H groups in total. The molecule has 0 aliphatic rings. The lowest BCUT2D eigenvalue weighted by Crippen LogP contribution is -2.15. The smallest absolute Gasteiger partial charge is 0.255 e. The number of unbranched alkanes of at least 4 members (excludes halogenated alkanes) is 2. The Kier molecular flexibility index (Phi) is 11.4. The van der Waals surface area contributed by atoms with E-state index in [1.807, 2.05) is 48.5 Å². The molecule has 0 radical (unpaired) electrons. The molecule has 0 spiro atoms. The van der Waals surface area contributed by atoms with Crippen LogP contribution in [-0.4, -0.2) is 29.7 Å². The summed E-state index contributed by atoms with van der Waals surface area (Å²) in [6.45, 7) is 4.13. The molecule has 7 heteroatoms. The number of hydrogen-bond donors (Lipinski definition) is 4. The van der Waals surface area contributed by atoms with Gasteiger partial charge < -0.3 is 26.2 Å². The number of anilines is 2. The Labute approximate surface area is 196 Å². The summed E-state index contributed by atoms with van der Waals surface area (Å²) in [5.74, 6) is 0.943. The maximum absolute atomic E-state index is 12.2. The van der Waals surface area contributed by atoms with E-state index < -0.39 is 0 Å². The number of methoxy groups -OCH3 is 1. The Morgan fingerprint density at radius 2 is 1.73 bits per heavy atom. The second kappa shape index (κ2) is 14.6. The predicted octanol–water partition coefficient (Wildman–Crippen LogP) is 4.38. The first-order chi connectivity index (χ1) is 16.1. The van der Waals surface area contributed by atoms with Crippen LogP contribution in [0.4, 0.5) is 11.5 Å². The highest BCUT2D eigenvalue weighted by molar-refractivity contribution is 6.05. The van der Waals surface area contributed by atoms with Crippen molar-refractivity contribution in [2.24, 2.45) is 0 Å². The summed E-state index contributed by atoms with van der Waals surface area (Å²) < 4.78 is 4.93. The van der Waals surface area contributed by atoms with Crippen LogP contribution in [-0.2, 0) is 13.2 Å². The second-order valence-corrected chi connectivity index (χ2v) is 7.48. The molecule has 7 nitrogen and oxygen atoms in total. The Morgan fingerprint density at radius 3 is 2.33 bits per heavy atom. The fourth-order valence-electron chi connectivity index (χ4n) is 2.96. The van der Waals surface area contributed by atoms with Gasteiger partial charge in [0.1, 0.15) is 11.6 Å². The molecule has 0 aliphatic carbocycles. The van der Waals surface area contributed by atoms with Crippen LogP contribution in [0.25, 0.3) is 0 Å². The van der Waals surface area contributed by atoms with Gasteiger partial charge in [0.15, 0.2) is 0 Å². The van der Waals surface area contributed by atoms with Crippen LogP contribution >= 0.6 is 0 Å². The van der Waals surface area contributed by atoms with Gasteiger partial charge in [-0.3, -0.25) is 4.79 Å². The molecule has 33 heavy (non-hydrogen) atoms. The molecule has 3 rings (SSSR count). The number of carbonyl (C=O) groups excluding carboxylic acids is 1. The summed E-state index contributed by atoms with van der Waals surface area (Å²) in [4.78, 5) is 16.1. The highest BCUT2D eigenvalue weighted by atomic mass is 16.5. The first-order valence-corrected chi connectivity index (χ1v) is 11.1. The predicted molar refractivity (Wildman–Crippen MR) is 133 cm³/mol. The summed E-state index contributed by atoms with van der Waals surface area (Å²) in [6, 6.07) is 18.4. The van der Waals surface area contributed by atoms with E-state index in [0.717, 1.165) is 24.4 Å². The molecule has 1 amide bonds. The standard InChI is InChI=1S/C18H24N4O.C8H10O2/c1-2-3-4-11-20-13-14-7-9-15(10-8-14)18(23)22-16-6-5-12-21-17(16)19;1-10-8-4-2-7(6-9)3-5-8/h5-10,12,20H,2-4,11,13H2,1H3,(H2,19,21)(H,22,23);2-5,9H,6H2,1H3. The van der Waals surface area contributed by atoms with Crippen LogP contribution in [0, 0.1) is 0 Å². The van der Waals surface area contributed by atoms with Gasteiger partial charge in [-0.25, -0.2) is 4.98 Å². The zero-order valence-electron chi connectivity index (χ0n) is 19.4. The van der Waals surface area contributed by atoms with E-state index in [1.54, 1.807) is 25.4 Å². The Balaban J connectivity index is 0.000000321. The van der Waals surface area contributed by atoms with Crippen LogP contribution in [0.5, 0.6) is 5.75 Å². The van der Waals surface area contributed by atoms with Crippen molar-refractivity contribution in [3.05, 3.63) is 83.6 Å². The van der Waals surface area contributed by atoms with Crippen molar-refractivity contribution in [1.29, 1.82) is 0 Å². The van der Waals surface area contributed by atoms with Gasteiger partial charge in [-0.2, -0.15) is 0 Å². The zero-order chi connectivity index (χ0) is 23.9. The van der Waals surface area contributed by atoms with E-state index in [1.165, 1.54) is 24.8 Å². The molecule has 2 aromatic carbocycles. The number of carbonyl (C=O) groups is 1. The maximum Gasteiger partial charge on any atom is 0.255 e. The molecule has 0 unspecified atom stereocenters. The third-order valence-electron chi connectivity index (χ3n) is 4.93. The third kappa shape index (κ3) is 9.31. The van der Waals surface area contributed by atoms with Crippen molar-refractivity contribution in [2.75, 3.05) is 24.7 Å². The van der Waals surface area contributed by atoms with Gasteiger partial charge in [-0.05, 0) is 60.5 Å². The molecule has 0 aliphatic heterocycles. The number of aliphatic hydroxyl groups excluding tert-OH is 1. The Hall–Kier alpha value is -3.42. The Bertz CT molecular complexity index is 937. The SMILES string of the molecule is CCCCCNCc1ccc(C(=O)Nc2cccnc2N)cc1.COc1ccc(CO)cc1. The van der Waals surface area contributed by atoms with Gasteiger partial charge >= 0.3 is 0 Å². The molecule has 1 heterocycles. The summed E-state index contributed by atoms with van der Waals surface area (Å²) in [5, 5.41) is 14.8. The first-order valence-electron chi connectivity index (χ1n) is 11.1. The van der Waals surface area contributed by atoms with Crippen LogP contribution in [0.3, 0.4) is 0 Å². The summed E-state index contributed by atoms with van der Waals surface area (Å²) in [7, 11) is 1.62. The number of nitrogens with two attached hydrogens (primary N) is 1. The highest BCUT2D eigenvalue weighted by Crippen LogP contribution is 2.15. The van der Waals surface area contributed by atoms with Crippen LogP contribution in [0.1, 0.15) is 47.7 Å². The number of benzene rings is 2. The van der Waals surface area contributed by atoms with Gasteiger partial charge in [0.05, 0.1) is 19.4 Å². The lowest BCUT2D eigenvalue weighted by molar-refractivity contribution is 0.102.